The number of hydrogen-bond donors (Lipinski definition) is 9. The summed E-state index contributed by atoms with van der Waals surface area (Å²) in [4.78, 5) is 97.3. The predicted octanol–water partition coefficient (Wildman–Crippen LogP) is 3.68. The van der Waals surface area contributed by atoms with Gasteiger partial charge in [-0.05, 0) is 68.7 Å². The molecule has 1 aromatic carbocycles. The molecule has 0 bridgehead atoms. The Balaban J connectivity index is 1.04. The second-order valence-electron chi connectivity index (χ2n) is 15.6. The van der Waals surface area contributed by atoms with Gasteiger partial charge in [0.05, 0.1) is 46.4 Å². The lowest BCUT2D eigenvalue weighted by molar-refractivity contribution is -0.386. The summed E-state index contributed by atoms with van der Waals surface area (Å²) in [6, 6.07) is 5.67. The van der Waals surface area contributed by atoms with Crippen LogP contribution in [0.25, 0.3) is 17.1 Å². The monoisotopic (exact) mass is 1060 g/mol. The quantitative estimate of drug-likeness (QED) is 0.0212. The van der Waals surface area contributed by atoms with Crippen molar-refractivity contribution in [3.8, 4) is 11.8 Å². The van der Waals surface area contributed by atoms with Crippen LogP contribution in [0, 0.1) is 35.8 Å². The number of aromatic nitrogens is 4. The highest BCUT2D eigenvalue weighted by Gasteiger charge is 2.43. The number of aliphatic hydroxyl groups excluding tert-OH is 1. The number of anilines is 1. The van der Waals surface area contributed by atoms with Gasteiger partial charge in [-0.25, -0.2) is 18.5 Å². The molecule has 71 heavy (non-hydrogen) atoms. The van der Waals surface area contributed by atoms with Crippen LogP contribution in [0.3, 0.4) is 0 Å². The molecule has 3 aromatic heterocycles. The van der Waals surface area contributed by atoms with Crippen molar-refractivity contribution in [1.29, 1.82) is 0 Å². The third-order valence-corrected chi connectivity index (χ3v) is 14.2. The molecule has 2 aliphatic rings. The van der Waals surface area contributed by atoms with E-state index in [9.17, 15) is 61.7 Å². The topological polar surface area (TPSA) is 394 Å². The minimum atomic E-state index is -5.82. The Bertz CT molecular complexity index is 3130. The number of benzene rings is 1. The van der Waals surface area contributed by atoms with E-state index in [2.05, 4.69) is 50.6 Å². The molecule has 0 radical (unpaired) electrons. The number of hydrogen-bond acceptors (Lipinski definition) is 17. The van der Waals surface area contributed by atoms with Crippen LogP contribution in [0.15, 0.2) is 58.1 Å². The van der Waals surface area contributed by atoms with Crippen molar-refractivity contribution < 1.29 is 84.1 Å². The van der Waals surface area contributed by atoms with E-state index < -0.39 is 78.6 Å². The maximum absolute atomic E-state index is 13.6. The first-order valence-corrected chi connectivity index (χ1v) is 25.1. The minimum Gasteiger partial charge on any atom is -0.441 e. The first kappa shape index (κ1) is 54.2. The molecule has 1 saturated heterocycles. The molecule has 2 aliphatic heterocycles. The van der Waals surface area contributed by atoms with Crippen LogP contribution >= 0.6 is 23.5 Å². The molecule has 0 spiro atoms. The Hall–Kier alpha value is -6.18. The first-order chi connectivity index (χ1) is 33.2. The number of carbonyl (C=O) groups is 2. The Labute approximate surface area is 399 Å². The molecule has 5 heterocycles. The number of phosphoric ester groups is 1. The fraction of sp³-hybridized carbons (Fsp3) is 0.342. The van der Waals surface area contributed by atoms with Crippen LogP contribution < -0.4 is 21.9 Å². The second-order valence-corrected chi connectivity index (χ2v) is 20.0. The number of aromatic amines is 1. The van der Waals surface area contributed by atoms with Gasteiger partial charge in [-0.3, -0.25) is 42.8 Å². The number of nitrogens with two attached hydrogens (primary N) is 1. The lowest BCUT2D eigenvalue weighted by atomic mass is 10.0. The first-order valence-electron chi connectivity index (χ1n) is 20.6. The van der Waals surface area contributed by atoms with Crippen molar-refractivity contribution in [3.05, 3.63) is 102 Å². The third-order valence-electron chi connectivity index (χ3n) is 10.4. The summed E-state index contributed by atoms with van der Waals surface area (Å²) in [5.74, 6) is 4.61. The van der Waals surface area contributed by atoms with Crippen LogP contribution in [0.4, 0.5) is 25.1 Å². The summed E-state index contributed by atoms with van der Waals surface area (Å²) in [5.41, 5.74) is 7.40. The van der Waals surface area contributed by atoms with E-state index in [0.29, 0.717) is 33.9 Å². The average Bonchev–Trinajstić information content (AvgIpc) is 4.02. The van der Waals surface area contributed by atoms with Crippen molar-refractivity contribution in [2.24, 2.45) is 4.99 Å². The number of halogens is 2. The van der Waals surface area contributed by atoms with Crippen LogP contribution in [0.5, 0.6) is 0 Å². The highest BCUT2D eigenvalue weighted by molar-refractivity contribution is 7.66. The highest BCUT2D eigenvalue weighted by Crippen LogP contribution is 2.66. The largest absolute Gasteiger partial charge is 0.677 e. The fourth-order valence-electron chi connectivity index (χ4n) is 7.31. The van der Waals surface area contributed by atoms with Crippen LogP contribution in [-0.2, 0) is 47.7 Å². The summed E-state index contributed by atoms with van der Waals surface area (Å²) in [5, 5.41) is 27.5. The SMILES string of the molecule is Cc1cc(C)n(B(F)F)c1/C=C1/C=CC(CCC(=O)NCc2ccc([N+](=O)[O-])c(C(C)OC(=O)NCC#Cc3cn([C@H]4C[C@H](O)[C@@H](COP(=O)(O)OP(=O)(O)OP(=O)(O)O)O4)c4nc(N)[nH]c(=O)c34)c2)=N1. The van der Waals surface area contributed by atoms with Crippen LogP contribution in [-0.4, -0.2) is 99.1 Å². The van der Waals surface area contributed by atoms with Gasteiger partial charge in [-0.1, -0.05) is 17.9 Å². The molecule has 4 aromatic rings. The number of allylic oxidation sites excluding steroid dienone is 2. The minimum absolute atomic E-state index is 0.00508. The molecule has 6 rings (SSSR count). The van der Waals surface area contributed by atoms with Crippen LogP contribution in [0.2, 0.25) is 0 Å². The molecular formula is C38H43BF2N9O18P3. The number of ether oxygens (including phenoxy) is 2. The summed E-state index contributed by atoms with van der Waals surface area (Å²) in [7, 11) is -19.8. The smallest absolute Gasteiger partial charge is 0.441 e. The van der Waals surface area contributed by atoms with Crippen molar-refractivity contribution in [2.45, 2.75) is 71.1 Å². The van der Waals surface area contributed by atoms with Crippen molar-refractivity contribution in [2.75, 3.05) is 18.9 Å². The number of H-pyrrole nitrogens is 1. The number of aliphatic imine (C=N–C) groups is 1. The highest BCUT2D eigenvalue weighted by atomic mass is 31.3. The van der Waals surface area contributed by atoms with Gasteiger partial charge in [-0.15, -0.1) is 0 Å². The molecule has 0 saturated carbocycles. The van der Waals surface area contributed by atoms with Gasteiger partial charge in [0.1, 0.15) is 18.4 Å². The van der Waals surface area contributed by atoms with Crippen LogP contribution in [0.1, 0.15) is 72.2 Å². The van der Waals surface area contributed by atoms with E-state index in [-0.39, 0.29) is 72.1 Å². The van der Waals surface area contributed by atoms with Gasteiger partial charge in [0.25, 0.3) is 11.2 Å². The molecule has 2 amide bonds. The zero-order valence-electron chi connectivity index (χ0n) is 37.2. The number of aryl methyl sites for hydroxylation is 2. The van der Waals surface area contributed by atoms with Gasteiger partial charge < -0.3 is 59.6 Å². The number of phosphoric acid groups is 3. The number of carbonyl (C=O) groups excluding carboxylic acids is 2. The average molecular weight is 1060 g/mol. The van der Waals surface area contributed by atoms with Gasteiger partial charge in [0.2, 0.25) is 11.9 Å². The number of nitro groups is 1. The number of nitrogen functional groups attached to an aromatic ring is 1. The third kappa shape index (κ3) is 14.3. The second kappa shape index (κ2) is 22.1. The maximum Gasteiger partial charge on any atom is 0.677 e. The number of rotatable bonds is 19. The van der Waals surface area contributed by atoms with Gasteiger partial charge in [0, 0.05) is 48.7 Å². The Morgan fingerprint density at radius 3 is 2.56 bits per heavy atom. The number of amides is 2. The maximum atomic E-state index is 13.6. The lowest BCUT2D eigenvalue weighted by Crippen LogP contribution is -2.26. The van der Waals surface area contributed by atoms with E-state index in [4.69, 9.17) is 25.0 Å². The number of nitrogens with one attached hydrogen (secondary N) is 3. The Kier molecular flexibility index (Phi) is 16.8. The number of nitro benzene ring substituents is 1. The molecule has 380 valence electrons. The van der Waals surface area contributed by atoms with Crippen molar-refractivity contribution in [1.82, 2.24) is 29.6 Å². The molecule has 33 heteroatoms. The molecule has 27 nitrogen and oxygen atoms in total. The van der Waals surface area contributed by atoms with E-state index in [1.807, 2.05) is 0 Å². The van der Waals surface area contributed by atoms with E-state index in [1.54, 1.807) is 38.1 Å². The normalized spacial score (nSPS) is 19.4. The summed E-state index contributed by atoms with van der Waals surface area (Å²) in [6.07, 6.45) is -0.129. The Morgan fingerprint density at radius 2 is 1.87 bits per heavy atom. The van der Waals surface area contributed by atoms with Gasteiger partial charge in [0.15, 0.2) is 5.65 Å². The molecule has 1 fully saturated rings. The lowest BCUT2D eigenvalue weighted by Gasteiger charge is -2.19. The van der Waals surface area contributed by atoms with Gasteiger partial charge in [-0.2, -0.15) is 13.6 Å². The van der Waals surface area contributed by atoms with E-state index in [0.717, 1.165) is 4.48 Å². The molecule has 10 N–H and O–H groups in total. The molecule has 6 atom stereocenters. The zero-order valence-corrected chi connectivity index (χ0v) is 39.9. The number of nitrogens with zero attached hydrogens (tertiary/aromatic N) is 5. The number of alkyl carbamates (subject to hydrolysis) is 1. The molecule has 0 aliphatic carbocycles. The zero-order chi connectivity index (χ0) is 52.2. The van der Waals surface area contributed by atoms with Gasteiger partial charge >= 0.3 is 37.0 Å². The standard InChI is InChI=1S/C38H43BF2N9O18P3/c1-20-13-21(2)49(39(40)41)29(20)15-26-8-7-25(45-26)9-11-32(52)44-17-23-6-10-28(50(55)56)27(14-23)22(3)65-38(54)43-12-4-5-24-18-48(35-34(24)36(53)47-37(42)46-35)33-16-30(51)31(66-33)19-64-70(60,61)68-71(62,63)67-69(57,58)59/h6-8,10,13-15,18,22,30-31,33,51H,9,11-12,16-17,19H2,1-3H3,(H,43,54)(H,44,52)(H,60,61)(H,62,63)(H2,57,58,59)(H3,42,46,47,53)/b26-15-/t22?,30-,31+,33+/m0/s1. The summed E-state index contributed by atoms with van der Waals surface area (Å²) in [6.45, 7) is 3.27. The Morgan fingerprint density at radius 1 is 1.14 bits per heavy atom. The van der Waals surface area contributed by atoms with E-state index in [1.165, 1.54) is 35.9 Å². The molecular weight excluding hydrogens is 1010 g/mol. The number of fused-ring (bicyclic) bond motifs is 1. The fourth-order valence-corrected chi connectivity index (χ4v) is 10.3. The number of aliphatic hydroxyl groups is 1. The van der Waals surface area contributed by atoms with Crippen molar-refractivity contribution in [3.63, 3.8) is 0 Å². The summed E-state index contributed by atoms with van der Waals surface area (Å²) < 4.78 is 87.2. The summed E-state index contributed by atoms with van der Waals surface area (Å²) >= 11 is 0. The van der Waals surface area contributed by atoms with E-state index >= 15 is 0 Å². The molecule has 3 unspecified atom stereocenters. The predicted molar refractivity (Wildman–Crippen MR) is 245 cm³/mol. The van der Waals surface area contributed by atoms with Crippen molar-refractivity contribution >= 4 is 77.3 Å².